The van der Waals surface area contributed by atoms with Gasteiger partial charge in [0.25, 0.3) is 0 Å². The Labute approximate surface area is 158 Å². The Bertz CT molecular complexity index is 1160. The van der Waals surface area contributed by atoms with Crippen LogP contribution >= 0.6 is 23.1 Å². The van der Waals surface area contributed by atoms with Gasteiger partial charge in [0.15, 0.2) is 4.83 Å². The summed E-state index contributed by atoms with van der Waals surface area (Å²) >= 11 is 7.31. The summed E-state index contributed by atoms with van der Waals surface area (Å²) in [6, 6.07) is 4.33. The molecule has 0 bridgehead atoms. The molecule has 1 saturated heterocycles. The molecule has 1 fully saturated rings. The molecule has 1 aliphatic rings. The van der Waals surface area contributed by atoms with Crippen LogP contribution in [-0.4, -0.2) is 35.2 Å². The van der Waals surface area contributed by atoms with Gasteiger partial charge in [-0.05, 0) is 49.5 Å². The third-order valence-corrected chi connectivity index (χ3v) is 7.37. The van der Waals surface area contributed by atoms with Gasteiger partial charge in [0.2, 0.25) is 15.9 Å². The average molecular weight is 412 g/mol. The molecule has 0 amide bonds. The Kier molecular flexibility index (Phi) is 4.34. The number of nitrogens with zero attached hydrogens (tertiary/aromatic N) is 3. The fraction of sp³-hybridized carbons (Fsp3) is 0.312. The molecular weight excluding hydrogens is 398 g/mol. The van der Waals surface area contributed by atoms with Crippen molar-refractivity contribution in [3.05, 3.63) is 39.3 Å². The lowest BCUT2D eigenvalue weighted by atomic mass is 10.2. The molecule has 3 heterocycles. The van der Waals surface area contributed by atoms with Gasteiger partial charge in [-0.3, -0.25) is 0 Å². The molecule has 3 aromatic rings. The van der Waals surface area contributed by atoms with E-state index in [9.17, 15) is 13.2 Å². The number of sulfonamides is 1. The van der Waals surface area contributed by atoms with E-state index in [-0.39, 0.29) is 21.4 Å². The minimum atomic E-state index is -3.62. The van der Waals surface area contributed by atoms with Crippen molar-refractivity contribution in [3.8, 4) is 11.5 Å². The minimum Gasteiger partial charge on any atom is -0.403 e. The molecule has 4 rings (SSSR count). The van der Waals surface area contributed by atoms with Crippen molar-refractivity contribution in [2.24, 2.45) is 0 Å². The second-order valence-electron chi connectivity index (χ2n) is 6.01. The molecule has 0 spiro atoms. The van der Waals surface area contributed by atoms with Crippen molar-refractivity contribution in [3.63, 3.8) is 0 Å². The fourth-order valence-corrected chi connectivity index (χ4v) is 5.45. The highest BCUT2D eigenvalue weighted by atomic mass is 35.5. The number of fused-ring (bicyclic) bond motifs is 1. The summed E-state index contributed by atoms with van der Waals surface area (Å²) < 4.78 is 36.4. The lowest BCUT2D eigenvalue weighted by Crippen LogP contribution is -2.27. The van der Waals surface area contributed by atoms with Crippen LogP contribution in [0, 0.1) is 6.92 Å². The monoisotopic (exact) mass is 411 g/mol. The maximum Gasteiger partial charge on any atom is 0.349 e. The number of benzene rings is 1. The molecule has 0 N–H and O–H groups in total. The van der Waals surface area contributed by atoms with E-state index in [0.29, 0.717) is 29.0 Å². The largest absolute Gasteiger partial charge is 0.403 e. The standard InChI is InChI=1S/C16H14ClN3O4S2/c1-9-13-15(25-19-9)18-14(24-16(13)21)11-8-10(4-5-12(11)17)26(22,23)20-6-2-3-7-20/h4-5,8H,2-3,6-7H2,1H3. The molecule has 1 aliphatic heterocycles. The summed E-state index contributed by atoms with van der Waals surface area (Å²) in [6.45, 7) is 2.70. The number of hydrogen-bond donors (Lipinski definition) is 0. The van der Waals surface area contributed by atoms with Crippen LogP contribution in [0.3, 0.4) is 0 Å². The van der Waals surface area contributed by atoms with Crippen molar-refractivity contribution < 1.29 is 12.8 Å². The first-order valence-electron chi connectivity index (χ1n) is 7.95. The van der Waals surface area contributed by atoms with Crippen LogP contribution in [0.5, 0.6) is 0 Å². The van der Waals surface area contributed by atoms with E-state index in [2.05, 4.69) is 9.36 Å². The predicted octanol–water partition coefficient (Wildman–Crippen LogP) is 3.06. The van der Waals surface area contributed by atoms with Crippen molar-refractivity contribution in [1.29, 1.82) is 0 Å². The first kappa shape index (κ1) is 17.6. The second kappa shape index (κ2) is 6.41. The zero-order valence-corrected chi connectivity index (χ0v) is 16.1. The van der Waals surface area contributed by atoms with Gasteiger partial charge in [0, 0.05) is 13.1 Å². The first-order chi connectivity index (χ1) is 12.4. The predicted molar refractivity (Wildman–Crippen MR) is 99.1 cm³/mol. The number of halogens is 1. The SMILES string of the molecule is Cc1nsc2nc(-c3cc(S(=O)(=O)N4CCCC4)ccc3Cl)oc(=O)c12. The van der Waals surface area contributed by atoms with E-state index >= 15 is 0 Å². The van der Waals surface area contributed by atoms with E-state index in [1.165, 1.54) is 22.5 Å². The number of rotatable bonds is 3. The number of aromatic nitrogens is 2. The van der Waals surface area contributed by atoms with Gasteiger partial charge in [-0.15, -0.1) is 0 Å². The van der Waals surface area contributed by atoms with Gasteiger partial charge in [0.05, 0.1) is 21.2 Å². The average Bonchev–Trinajstić information content (AvgIpc) is 3.26. The molecule has 2 aromatic heterocycles. The highest BCUT2D eigenvalue weighted by Crippen LogP contribution is 2.32. The highest BCUT2D eigenvalue weighted by Gasteiger charge is 2.28. The van der Waals surface area contributed by atoms with Crippen LogP contribution in [-0.2, 0) is 10.0 Å². The molecule has 0 unspecified atom stereocenters. The lowest BCUT2D eigenvalue weighted by molar-refractivity contribution is 0.477. The van der Waals surface area contributed by atoms with E-state index in [1.807, 2.05) is 0 Å². The second-order valence-corrected chi connectivity index (χ2v) is 9.10. The maximum atomic E-state index is 12.8. The van der Waals surface area contributed by atoms with Gasteiger partial charge in [-0.2, -0.15) is 13.7 Å². The Balaban J connectivity index is 1.86. The Hall–Kier alpha value is -1.81. The van der Waals surface area contributed by atoms with Gasteiger partial charge in [-0.1, -0.05) is 11.6 Å². The summed E-state index contributed by atoms with van der Waals surface area (Å²) in [7, 11) is -3.62. The maximum absolute atomic E-state index is 12.8. The number of hydrogen-bond acceptors (Lipinski definition) is 7. The number of aryl methyl sites for hydroxylation is 1. The molecule has 0 atom stereocenters. The van der Waals surface area contributed by atoms with Crippen LogP contribution in [0.15, 0.2) is 32.3 Å². The third kappa shape index (κ3) is 2.84. The smallest absolute Gasteiger partial charge is 0.349 e. The Morgan fingerprint density at radius 3 is 2.73 bits per heavy atom. The van der Waals surface area contributed by atoms with E-state index in [4.69, 9.17) is 16.0 Å². The zero-order valence-electron chi connectivity index (χ0n) is 13.7. The molecule has 1 aromatic carbocycles. The summed E-state index contributed by atoms with van der Waals surface area (Å²) in [5.74, 6) is -0.0189. The zero-order chi connectivity index (χ0) is 18.5. The lowest BCUT2D eigenvalue weighted by Gasteiger charge is -2.16. The van der Waals surface area contributed by atoms with Crippen LogP contribution < -0.4 is 5.63 Å². The Morgan fingerprint density at radius 1 is 1.27 bits per heavy atom. The van der Waals surface area contributed by atoms with Gasteiger partial charge < -0.3 is 4.42 Å². The minimum absolute atomic E-state index is 0.0189. The van der Waals surface area contributed by atoms with Gasteiger partial charge in [-0.25, -0.2) is 13.2 Å². The molecule has 10 heteroatoms. The quantitative estimate of drug-likeness (QED) is 0.657. The molecule has 136 valence electrons. The normalized spacial score (nSPS) is 15.8. The Morgan fingerprint density at radius 2 is 2.00 bits per heavy atom. The summed E-state index contributed by atoms with van der Waals surface area (Å²) in [4.78, 5) is 17.1. The summed E-state index contributed by atoms with van der Waals surface area (Å²) in [5.41, 5.74) is 0.242. The topological polar surface area (TPSA) is 93.4 Å². The van der Waals surface area contributed by atoms with Gasteiger partial charge in [0.1, 0.15) is 5.39 Å². The van der Waals surface area contributed by atoms with E-state index < -0.39 is 15.6 Å². The molecule has 7 nitrogen and oxygen atoms in total. The molecule has 0 aliphatic carbocycles. The van der Waals surface area contributed by atoms with Crippen molar-refractivity contribution in [2.75, 3.05) is 13.1 Å². The van der Waals surface area contributed by atoms with Gasteiger partial charge >= 0.3 is 5.63 Å². The summed E-state index contributed by atoms with van der Waals surface area (Å²) in [6.07, 6.45) is 1.69. The molecule has 0 saturated carbocycles. The van der Waals surface area contributed by atoms with Crippen molar-refractivity contribution in [1.82, 2.24) is 13.7 Å². The fourth-order valence-electron chi connectivity index (χ4n) is 2.94. The van der Waals surface area contributed by atoms with E-state index in [0.717, 1.165) is 24.4 Å². The third-order valence-electron chi connectivity index (χ3n) is 4.31. The highest BCUT2D eigenvalue weighted by molar-refractivity contribution is 7.89. The van der Waals surface area contributed by atoms with Crippen LogP contribution in [0.4, 0.5) is 0 Å². The van der Waals surface area contributed by atoms with Crippen LogP contribution in [0.1, 0.15) is 18.5 Å². The molecule has 0 radical (unpaired) electrons. The van der Waals surface area contributed by atoms with E-state index in [1.54, 1.807) is 6.92 Å². The summed E-state index contributed by atoms with van der Waals surface area (Å²) in [5, 5.41) is 0.581. The van der Waals surface area contributed by atoms with Crippen molar-refractivity contribution >= 4 is 43.4 Å². The first-order valence-corrected chi connectivity index (χ1v) is 10.5. The van der Waals surface area contributed by atoms with Crippen molar-refractivity contribution in [2.45, 2.75) is 24.7 Å². The van der Waals surface area contributed by atoms with Crippen LogP contribution in [0.2, 0.25) is 5.02 Å². The molecule has 26 heavy (non-hydrogen) atoms. The molecular formula is C16H14ClN3O4S2. The van der Waals surface area contributed by atoms with Crippen LogP contribution in [0.25, 0.3) is 21.7 Å².